The monoisotopic (exact) mass is 182 g/mol. The van der Waals surface area contributed by atoms with Gasteiger partial charge in [0.05, 0.1) is 0 Å². The van der Waals surface area contributed by atoms with Crippen molar-refractivity contribution >= 4 is 0 Å². The van der Waals surface area contributed by atoms with Crippen LogP contribution in [-0.4, -0.2) is 25.7 Å². The molecule has 1 aliphatic heterocycles. The van der Waals surface area contributed by atoms with Crippen molar-refractivity contribution in [3.8, 4) is 0 Å². The summed E-state index contributed by atoms with van der Waals surface area (Å²) in [6.45, 7) is 3.74. The molecule has 0 aromatic heterocycles. The van der Waals surface area contributed by atoms with Gasteiger partial charge in [-0.3, -0.25) is 0 Å². The predicted octanol–water partition coefficient (Wildman–Crippen LogP) is 1.52. The van der Waals surface area contributed by atoms with Crippen molar-refractivity contribution in [2.24, 2.45) is 5.92 Å². The van der Waals surface area contributed by atoms with Crippen molar-refractivity contribution in [2.75, 3.05) is 19.6 Å². The van der Waals surface area contributed by atoms with E-state index in [4.69, 9.17) is 0 Å². The van der Waals surface area contributed by atoms with Crippen molar-refractivity contribution in [3.05, 3.63) is 0 Å². The van der Waals surface area contributed by atoms with Gasteiger partial charge >= 0.3 is 0 Å². The first kappa shape index (κ1) is 9.47. The minimum absolute atomic E-state index is 0.871. The minimum Gasteiger partial charge on any atom is -0.317 e. The fraction of sp³-hybridized carbons (Fsp3) is 1.00. The summed E-state index contributed by atoms with van der Waals surface area (Å²) in [6.07, 6.45) is 8.46. The van der Waals surface area contributed by atoms with E-state index in [0.717, 1.165) is 12.0 Å². The van der Waals surface area contributed by atoms with Crippen LogP contribution in [0.4, 0.5) is 0 Å². The zero-order valence-electron chi connectivity index (χ0n) is 8.52. The first-order valence-corrected chi connectivity index (χ1v) is 5.89. The van der Waals surface area contributed by atoms with Crippen LogP contribution in [0.5, 0.6) is 0 Å². The summed E-state index contributed by atoms with van der Waals surface area (Å²) in [5.74, 6) is 0.940. The van der Waals surface area contributed by atoms with E-state index in [2.05, 4.69) is 10.6 Å². The molecular formula is C11H22N2. The summed E-state index contributed by atoms with van der Waals surface area (Å²) in [5, 5.41) is 7.15. The number of nitrogens with one attached hydrogen (secondary N) is 2. The summed E-state index contributed by atoms with van der Waals surface area (Å²) in [5.41, 5.74) is 0. The molecule has 1 aliphatic carbocycles. The molecule has 2 fully saturated rings. The molecule has 0 aromatic carbocycles. The van der Waals surface area contributed by atoms with E-state index in [0.29, 0.717) is 0 Å². The van der Waals surface area contributed by atoms with Gasteiger partial charge in [-0.05, 0) is 57.7 Å². The van der Waals surface area contributed by atoms with E-state index >= 15 is 0 Å². The van der Waals surface area contributed by atoms with Crippen LogP contribution in [0.15, 0.2) is 0 Å². The van der Waals surface area contributed by atoms with Crippen LogP contribution in [0.2, 0.25) is 0 Å². The molecule has 0 aromatic rings. The Kier molecular flexibility index (Phi) is 3.62. The number of hydrogen-bond acceptors (Lipinski definition) is 2. The number of hydrogen-bond donors (Lipinski definition) is 2. The third-order valence-electron chi connectivity index (χ3n) is 3.50. The third kappa shape index (κ3) is 2.96. The van der Waals surface area contributed by atoms with E-state index in [9.17, 15) is 0 Å². The molecule has 0 spiro atoms. The van der Waals surface area contributed by atoms with Gasteiger partial charge in [0.2, 0.25) is 0 Å². The molecule has 2 N–H and O–H groups in total. The lowest BCUT2D eigenvalue weighted by Crippen LogP contribution is -2.38. The van der Waals surface area contributed by atoms with E-state index < -0.39 is 0 Å². The Balaban J connectivity index is 1.61. The lowest BCUT2D eigenvalue weighted by molar-refractivity contribution is 0.307. The zero-order valence-corrected chi connectivity index (χ0v) is 8.52. The van der Waals surface area contributed by atoms with Crippen molar-refractivity contribution in [2.45, 2.75) is 44.6 Å². The van der Waals surface area contributed by atoms with Crippen molar-refractivity contribution in [1.82, 2.24) is 10.6 Å². The molecular weight excluding hydrogens is 160 g/mol. The highest BCUT2D eigenvalue weighted by Gasteiger charge is 2.18. The summed E-state index contributed by atoms with van der Waals surface area (Å²) in [4.78, 5) is 0. The first-order valence-electron chi connectivity index (χ1n) is 5.89. The van der Waals surface area contributed by atoms with Crippen LogP contribution in [0.3, 0.4) is 0 Å². The Morgan fingerprint density at radius 2 is 1.92 bits per heavy atom. The van der Waals surface area contributed by atoms with Gasteiger partial charge in [-0.15, -0.1) is 0 Å². The van der Waals surface area contributed by atoms with Gasteiger partial charge < -0.3 is 10.6 Å². The quantitative estimate of drug-likeness (QED) is 0.691. The Bertz CT molecular complexity index is 135. The lowest BCUT2D eigenvalue weighted by Gasteiger charge is -2.28. The summed E-state index contributed by atoms with van der Waals surface area (Å²) in [6, 6.07) is 0.871. The highest BCUT2D eigenvalue weighted by atomic mass is 14.9. The Hall–Kier alpha value is -0.0800. The maximum absolute atomic E-state index is 3.69. The second-order valence-electron chi connectivity index (χ2n) is 4.58. The summed E-state index contributed by atoms with van der Waals surface area (Å²) < 4.78 is 0. The number of rotatable bonds is 3. The Labute approximate surface area is 81.5 Å². The van der Waals surface area contributed by atoms with Crippen molar-refractivity contribution < 1.29 is 0 Å². The molecule has 1 atom stereocenters. The molecule has 13 heavy (non-hydrogen) atoms. The van der Waals surface area contributed by atoms with Crippen LogP contribution >= 0.6 is 0 Å². The maximum Gasteiger partial charge on any atom is 0.00671 e. The molecule has 0 amide bonds. The van der Waals surface area contributed by atoms with Crippen LogP contribution in [-0.2, 0) is 0 Å². The highest BCUT2D eigenvalue weighted by Crippen LogP contribution is 2.19. The van der Waals surface area contributed by atoms with E-state index in [1.807, 2.05) is 0 Å². The topological polar surface area (TPSA) is 24.1 Å². The van der Waals surface area contributed by atoms with Crippen molar-refractivity contribution in [3.63, 3.8) is 0 Å². The van der Waals surface area contributed by atoms with Gasteiger partial charge in [0.1, 0.15) is 0 Å². The van der Waals surface area contributed by atoms with E-state index in [1.54, 1.807) is 0 Å². The molecule has 2 heteroatoms. The molecule has 2 nitrogen and oxygen atoms in total. The van der Waals surface area contributed by atoms with Gasteiger partial charge in [-0.1, -0.05) is 6.42 Å². The predicted molar refractivity (Wildman–Crippen MR) is 55.9 cm³/mol. The van der Waals surface area contributed by atoms with Crippen LogP contribution in [0.1, 0.15) is 38.5 Å². The van der Waals surface area contributed by atoms with Gasteiger partial charge in [0, 0.05) is 6.04 Å². The molecule has 1 saturated heterocycles. The molecule has 1 heterocycles. The average Bonchev–Trinajstić information content (AvgIpc) is 2.30. The Morgan fingerprint density at radius 3 is 2.69 bits per heavy atom. The molecule has 0 bridgehead atoms. The molecule has 2 rings (SSSR count). The molecule has 2 aliphatic rings. The molecule has 1 unspecified atom stereocenters. The molecule has 76 valence electrons. The summed E-state index contributed by atoms with van der Waals surface area (Å²) >= 11 is 0. The fourth-order valence-electron chi connectivity index (χ4n) is 2.24. The second-order valence-corrected chi connectivity index (χ2v) is 4.58. The summed E-state index contributed by atoms with van der Waals surface area (Å²) in [7, 11) is 0. The highest BCUT2D eigenvalue weighted by molar-refractivity contribution is 4.78. The van der Waals surface area contributed by atoms with E-state index in [-0.39, 0.29) is 0 Å². The van der Waals surface area contributed by atoms with E-state index in [1.165, 1.54) is 58.2 Å². The SMILES string of the molecule is C1CNCCC(CNC2CCC2)C1. The lowest BCUT2D eigenvalue weighted by atomic mass is 9.92. The molecule has 0 radical (unpaired) electrons. The smallest absolute Gasteiger partial charge is 0.00671 e. The van der Waals surface area contributed by atoms with Gasteiger partial charge in [-0.2, -0.15) is 0 Å². The average molecular weight is 182 g/mol. The maximum atomic E-state index is 3.69. The second kappa shape index (κ2) is 4.97. The van der Waals surface area contributed by atoms with Gasteiger partial charge in [-0.25, -0.2) is 0 Å². The fourth-order valence-corrected chi connectivity index (χ4v) is 2.24. The van der Waals surface area contributed by atoms with Crippen LogP contribution in [0, 0.1) is 5.92 Å². The largest absolute Gasteiger partial charge is 0.317 e. The molecule has 1 saturated carbocycles. The van der Waals surface area contributed by atoms with Crippen molar-refractivity contribution in [1.29, 1.82) is 0 Å². The Morgan fingerprint density at radius 1 is 1.00 bits per heavy atom. The first-order chi connectivity index (χ1) is 6.45. The van der Waals surface area contributed by atoms with Crippen LogP contribution in [0.25, 0.3) is 0 Å². The standard InChI is InChI=1S/C11H22N2/c1-4-11(5-1)13-9-10-3-2-7-12-8-6-10/h10-13H,1-9H2. The van der Waals surface area contributed by atoms with Gasteiger partial charge in [0.25, 0.3) is 0 Å². The zero-order chi connectivity index (χ0) is 8.93. The van der Waals surface area contributed by atoms with Crippen LogP contribution < -0.4 is 10.6 Å². The minimum atomic E-state index is 0.871. The van der Waals surface area contributed by atoms with Gasteiger partial charge in [0.15, 0.2) is 0 Å². The third-order valence-corrected chi connectivity index (χ3v) is 3.50. The normalized spacial score (nSPS) is 30.9.